The van der Waals surface area contributed by atoms with Gasteiger partial charge in [-0.3, -0.25) is 0 Å². The van der Waals surface area contributed by atoms with Gasteiger partial charge in [0, 0.05) is 18.6 Å². The average Bonchev–Trinajstić information content (AvgIpc) is 2.46. The van der Waals surface area contributed by atoms with Gasteiger partial charge in [-0.05, 0) is 44.0 Å². The predicted molar refractivity (Wildman–Crippen MR) is 86.8 cm³/mol. The van der Waals surface area contributed by atoms with E-state index in [2.05, 4.69) is 30.9 Å². The van der Waals surface area contributed by atoms with Crippen LogP contribution in [0.5, 0.6) is 0 Å². The fourth-order valence-electron chi connectivity index (χ4n) is 2.37. The third-order valence-electron chi connectivity index (χ3n) is 3.63. The summed E-state index contributed by atoms with van der Waals surface area (Å²) in [6.45, 7) is 6.69. The van der Waals surface area contributed by atoms with Gasteiger partial charge in [0.15, 0.2) is 0 Å². The second-order valence-corrected chi connectivity index (χ2v) is 5.71. The molecule has 2 aromatic rings. The lowest BCUT2D eigenvalue weighted by atomic mass is 10.1. The molecule has 0 saturated carbocycles. The highest BCUT2D eigenvalue weighted by molar-refractivity contribution is 5.50. The van der Waals surface area contributed by atoms with Gasteiger partial charge < -0.3 is 10.6 Å². The Labute approximate surface area is 126 Å². The van der Waals surface area contributed by atoms with Gasteiger partial charge in [-0.1, -0.05) is 36.4 Å². The standard InChI is InChI=1S/C18H23FN2/c1-13(2)21(12-15-7-5-4-6-8-15)18-10-9-16(14(3)20)11-17(18)19/h4-11,13-14H,12,20H2,1-3H3. The van der Waals surface area contributed by atoms with E-state index in [4.69, 9.17) is 5.73 Å². The van der Waals surface area contributed by atoms with Gasteiger partial charge in [0.25, 0.3) is 0 Å². The first-order valence-corrected chi connectivity index (χ1v) is 7.34. The minimum Gasteiger partial charge on any atom is -0.362 e. The van der Waals surface area contributed by atoms with Crippen LogP contribution >= 0.6 is 0 Å². The first kappa shape index (κ1) is 15.5. The summed E-state index contributed by atoms with van der Waals surface area (Å²) in [5.74, 6) is -0.213. The maximum Gasteiger partial charge on any atom is 0.146 e. The minimum atomic E-state index is -0.213. The van der Waals surface area contributed by atoms with Crippen molar-refractivity contribution in [1.82, 2.24) is 0 Å². The number of anilines is 1. The quantitative estimate of drug-likeness (QED) is 0.890. The molecule has 0 aromatic heterocycles. The van der Waals surface area contributed by atoms with Gasteiger partial charge >= 0.3 is 0 Å². The topological polar surface area (TPSA) is 29.3 Å². The van der Waals surface area contributed by atoms with Crippen LogP contribution in [0.1, 0.15) is 37.9 Å². The summed E-state index contributed by atoms with van der Waals surface area (Å²) in [6, 6.07) is 15.4. The van der Waals surface area contributed by atoms with Crippen molar-refractivity contribution >= 4 is 5.69 Å². The molecule has 0 radical (unpaired) electrons. The Kier molecular flexibility index (Phi) is 4.97. The highest BCUT2D eigenvalue weighted by Gasteiger charge is 2.16. The number of rotatable bonds is 5. The Hall–Kier alpha value is -1.87. The van der Waals surface area contributed by atoms with Crippen molar-refractivity contribution in [2.24, 2.45) is 5.73 Å². The van der Waals surface area contributed by atoms with E-state index in [1.807, 2.05) is 37.3 Å². The smallest absolute Gasteiger partial charge is 0.146 e. The summed E-state index contributed by atoms with van der Waals surface area (Å²) >= 11 is 0. The molecular formula is C18H23FN2. The van der Waals surface area contributed by atoms with E-state index < -0.39 is 0 Å². The van der Waals surface area contributed by atoms with Crippen molar-refractivity contribution in [2.45, 2.75) is 39.4 Å². The third-order valence-corrected chi connectivity index (χ3v) is 3.63. The summed E-state index contributed by atoms with van der Waals surface area (Å²) in [7, 11) is 0. The maximum atomic E-state index is 14.4. The second kappa shape index (κ2) is 6.72. The molecule has 0 bridgehead atoms. The second-order valence-electron chi connectivity index (χ2n) is 5.71. The number of halogens is 1. The average molecular weight is 286 g/mol. The molecule has 0 saturated heterocycles. The maximum absolute atomic E-state index is 14.4. The molecule has 0 aliphatic carbocycles. The Balaban J connectivity index is 2.30. The summed E-state index contributed by atoms with van der Waals surface area (Å²) in [6.07, 6.45) is 0. The highest BCUT2D eigenvalue weighted by atomic mass is 19.1. The zero-order valence-electron chi connectivity index (χ0n) is 12.9. The van der Waals surface area contributed by atoms with Gasteiger partial charge in [-0.15, -0.1) is 0 Å². The molecule has 0 fully saturated rings. The van der Waals surface area contributed by atoms with Gasteiger partial charge in [-0.2, -0.15) is 0 Å². The van der Waals surface area contributed by atoms with Crippen molar-refractivity contribution in [1.29, 1.82) is 0 Å². The first-order valence-electron chi connectivity index (χ1n) is 7.34. The minimum absolute atomic E-state index is 0.157. The molecule has 0 spiro atoms. The monoisotopic (exact) mass is 286 g/mol. The molecule has 0 aliphatic heterocycles. The fourth-order valence-corrected chi connectivity index (χ4v) is 2.37. The van der Waals surface area contributed by atoms with E-state index in [1.54, 1.807) is 6.07 Å². The normalized spacial score (nSPS) is 12.5. The van der Waals surface area contributed by atoms with Gasteiger partial charge in [0.05, 0.1) is 5.69 Å². The largest absolute Gasteiger partial charge is 0.362 e. The highest BCUT2D eigenvalue weighted by Crippen LogP contribution is 2.26. The molecule has 2 aromatic carbocycles. The molecule has 0 heterocycles. The van der Waals surface area contributed by atoms with Crippen molar-refractivity contribution < 1.29 is 4.39 Å². The SMILES string of the molecule is CC(N)c1ccc(N(Cc2ccccc2)C(C)C)c(F)c1. The van der Waals surface area contributed by atoms with E-state index in [0.717, 1.165) is 5.56 Å². The van der Waals surface area contributed by atoms with Crippen LogP contribution in [0.25, 0.3) is 0 Å². The fraction of sp³-hybridized carbons (Fsp3) is 0.333. The molecule has 2 nitrogen and oxygen atoms in total. The van der Waals surface area contributed by atoms with Crippen LogP contribution in [0.15, 0.2) is 48.5 Å². The molecule has 0 amide bonds. The van der Waals surface area contributed by atoms with E-state index in [-0.39, 0.29) is 17.9 Å². The summed E-state index contributed by atoms with van der Waals surface area (Å²) < 4.78 is 14.4. The van der Waals surface area contributed by atoms with E-state index in [0.29, 0.717) is 12.2 Å². The lowest BCUT2D eigenvalue weighted by Crippen LogP contribution is -2.31. The molecule has 21 heavy (non-hydrogen) atoms. The molecular weight excluding hydrogens is 263 g/mol. The number of nitrogens with zero attached hydrogens (tertiary/aromatic N) is 1. The van der Waals surface area contributed by atoms with Crippen molar-refractivity contribution in [2.75, 3.05) is 4.90 Å². The molecule has 3 heteroatoms. The van der Waals surface area contributed by atoms with Gasteiger partial charge in [0.1, 0.15) is 5.82 Å². The predicted octanol–water partition coefficient (Wildman–Crippen LogP) is 4.26. The van der Waals surface area contributed by atoms with Crippen molar-refractivity contribution in [3.63, 3.8) is 0 Å². The Morgan fingerprint density at radius 2 is 1.71 bits per heavy atom. The molecule has 1 unspecified atom stereocenters. The third kappa shape index (κ3) is 3.82. The lowest BCUT2D eigenvalue weighted by Gasteiger charge is -2.30. The van der Waals surface area contributed by atoms with Crippen molar-refractivity contribution in [3.05, 3.63) is 65.5 Å². The lowest BCUT2D eigenvalue weighted by molar-refractivity contribution is 0.595. The molecule has 112 valence electrons. The van der Waals surface area contributed by atoms with Gasteiger partial charge in [-0.25, -0.2) is 4.39 Å². The molecule has 1 atom stereocenters. The number of nitrogens with two attached hydrogens (primary N) is 1. The van der Waals surface area contributed by atoms with Crippen LogP contribution in [-0.4, -0.2) is 6.04 Å². The summed E-state index contributed by atoms with van der Waals surface area (Å²) in [5.41, 5.74) is 8.42. The Bertz CT molecular complexity index is 579. The van der Waals surface area contributed by atoms with Gasteiger partial charge in [0.2, 0.25) is 0 Å². The zero-order valence-corrected chi connectivity index (χ0v) is 12.9. The van der Waals surface area contributed by atoms with Crippen LogP contribution in [0.2, 0.25) is 0 Å². The van der Waals surface area contributed by atoms with Crippen molar-refractivity contribution in [3.8, 4) is 0 Å². The van der Waals surface area contributed by atoms with E-state index in [1.165, 1.54) is 5.56 Å². The summed E-state index contributed by atoms with van der Waals surface area (Å²) in [4.78, 5) is 2.07. The number of benzene rings is 2. The number of hydrogen-bond donors (Lipinski definition) is 1. The first-order chi connectivity index (χ1) is 9.99. The van der Waals surface area contributed by atoms with Crippen LogP contribution in [0.3, 0.4) is 0 Å². The zero-order chi connectivity index (χ0) is 15.4. The van der Waals surface area contributed by atoms with Crippen LogP contribution < -0.4 is 10.6 Å². The number of hydrogen-bond acceptors (Lipinski definition) is 2. The van der Waals surface area contributed by atoms with Crippen LogP contribution in [0, 0.1) is 5.82 Å². The molecule has 2 rings (SSSR count). The Morgan fingerprint density at radius 3 is 2.24 bits per heavy atom. The molecule has 0 aliphatic rings. The van der Waals surface area contributed by atoms with Crippen LogP contribution in [0.4, 0.5) is 10.1 Å². The summed E-state index contributed by atoms with van der Waals surface area (Å²) in [5, 5.41) is 0. The molecule has 2 N–H and O–H groups in total. The Morgan fingerprint density at radius 1 is 1.05 bits per heavy atom. The van der Waals surface area contributed by atoms with Crippen LogP contribution in [-0.2, 0) is 6.54 Å². The van der Waals surface area contributed by atoms with E-state index >= 15 is 0 Å². The van der Waals surface area contributed by atoms with E-state index in [9.17, 15) is 4.39 Å².